The Hall–Kier alpha value is -0.540. The summed E-state index contributed by atoms with van der Waals surface area (Å²) in [5.41, 5.74) is 1.37. The second-order valence-corrected chi connectivity index (χ2v) is 7.59. The highest BCUT2D eigenvalue weighted by Gasteiger charge is 2.20. The van der Waals surface area contributed by atoms with E-state index in [1.165, 1.54) is 24.8 Å². The molecule has 0 amide bonds. The van der Waals surface area contributed by atoms with Crippen molar-refractivity contribution in [3.8, 4) is 5.75 Å². The number of rotatable bonds is 4. The quantitative estimate of drug-likeness (QED) is 0.861. The highest BCUT2D eigenvalue weighted by molar-refractivity contribution is 9.10. The fourth-order valence-corrected chi connectivity index (χ4v) is 3.06. The van der Waals surface area contributed by atoms with Crippen LogP contribution in [0.3, 0.4) is 0 Å². The number of benzene rings is 1. The van der Waals surface area contributed by atoms with Gasteiger partial charge in [0.05, 0.1) is 6.61 Å². The maximum Gasteiger partial charge on any atom is 0.123 e. The van der Waals surface area contributed by atoms with Gasteiger partial charge in [0, 0.05) is 16.1 Å². The second kappa shape index (κ2) is 6.95. The van der Waals surface area contributed by atoms with E-state index in [9.17, 15) is 0 Å². The van der Waals surface area contributed by atoms with E-state index in [0.29, 0.717) is 6.04 Å². The third-order valence-electron chi connectivity index (χ3n) is 3.89. The predicted molar refractivity (Wildman–Crippen MR) is 88.6 cm³/mol. The molecule has 1 saturated heterocycles. The Labute approximate surface area is 131 Å². The Balaban J connectivity index is 1.95. The van der Waals surface area contributed by atoms with Gasteiger partial charge in [-0.25, -0.2) is 0 Å². The van der Waals surface area contributed by atoms with Gasteiger partial charge in [0.25, 0.3) is 0 Å². The smallest absolute Gasteiger partial charge is 0.123 e. The van der Waals surface area contributed by atoms with Gasteiger partial charge >= 0.3 is 0 Å². The standard InChI is InChI=1S/C17H26BrNO/c1-17(2,3)15-12-13(18)7-8-16(15)20-11-9-14-6-4-5-10-19-14/h7-8,12,14,19H,4-6,9-11H2,1-3H3. The molecule has 1 heterocycles. The van der Waals surface area contributed by atoms with Crippen LogP contribution in [0.2, 0.25) is 0 Å². The largest absolute Gasteiger partial charge is 0.493 e. The molecule has 2 nitrogen and oxygen atoms in total. The molecule has 1 atom stereocenters. The van der Waals surface area contributed by atoms with E-state index in [1.807, 2.05) is 0 Å². The molecule has 0 bridgehead atoms. The van der Waals surface area contributed by atoms with Gasteiger partial charge in [-0.15, -0.1) is 0 Å². The first-order chi connectivity index (χ1) is 9.47. The third kappa shape index (κ3) is 4.49. The van der Waals surface area contributed by atoms with Crippen LogP contribution in [0.5, 0.6) is 5.75 Å². The van der Waals surface area contributed by atoms with Crippen molar-refractivity contribution in [3.05, 3.63) is 28.2 Å². The summed E-state index contributed by atoms with van der Waals surface area (Å²) in [4.78, 5) is 0. The molecule has 1 unspecified atom stereocenters. The molecule has 2 rings (SSSR count). The number of hydrogen-bond acceptors (Lipinski definition) is 2. The normalized spacial score (nSPS) is 19.9. The predicted octanol–water partition coefficient (Wildman–Crippen LogP) is 4.66. The van der Waals surface area contributed by atoms with Crippen LogP contribution in [0.4, 0.5) is 0 Å². The van der Waals surface area contributed by atoms with Gasteiger partial charge in [-0.3, -0.25) is 0 Å². The summed E-state index contributed by atoms with van der Waals surface area (Å²) in [6, 6.07) is 6.95. The Morgan fingerprint density at radius 3 is 2.75 bits per heavy atom. The molecule has 0 aromatic heterocycles. The molecule has 20 heavy (non-hydrogen) atoms. The molecule has 1 fully saturated rings. The summed E-state index contributed by atoms with van der Waals surface area (Å²) in [6.07, 6.45) is 5.05. The van der Waals surface area contributed by atoms with Gasteiger partial charge in [-0.1, -0.05) is 43.1 Å². The Bertz CT molecular complexity index is 433. The molecule has 1 aromatic carbocycles. The van der Waals surface area contributed by atoms with E-state index in [1.54, 1.807) is 0 Å². The van der Waals surface area contributed by atoms with E-state index in [4.69, 9.17) is 4.74 Å². The van der Waals surface area contributed by atoms with Crippen LogP contribution in [-0.2, 0) is 5.41 Å². The van der Waals surface area contributed by atoms with Crippen LogP contribution >= 0.6 is 15.9 Å². The van der Waals surface area contributed by atoms with Gasteiger partial charge in [0.1, 0.15) is 5.75 Å². The topological polar surface area (TPSA) is 21.3 Å². The molecular formula is C17H26BrNO. The Kier molecular flexibility index (Phi) is 5.50. The van der Waals surface area contributed by atoms with Crippen molar-refractivity contribution in [2.24, 2.45) is 0 Å². The van der Waals surface area contributed by atoms with E-state index in [2.05, 4.69) is 60.2 Å². The summed E-state index contributed by atoms with van der Waals surface area (Å²) in [5, 5.41) is 3.57. The number of nitrogens with one attached hydrogen (secondary N) is 1. The van der Waals surface area contributed by atoms with Crippen molar-refractivity contribution in [1.29, 1.82) is 0 Å². The summed E-state index contributed by atoms with van der Waals surface area (Å²) in [6.45, 7) is 8.64. The lowest BCUT2D eigenvalue weighted by Crippen LogP contribution is -2.35. The number of halogens is 1. The molecule has 1 N–H and O–H groups in total. The zero-order chi connectivity index (χ0) is 14.6. The minimum absolute atomic E-state index is 0.0994. The minimum atomic E-state index is 0.0994. The van der Waals surface area contributed by atoms with Crippen LogP contribution in [0.1, 0.15) is 52.0 Å². The lowest BCUT2D eigenvalue weighted by atomic mass is 9.86. The highest BCUT2D eigenvalue weighted by Crippen LogP contribution is 2.33. The fourth-order valence-electron chi connectivity index (χ4n) is 2.70. The first kappa shape index (κ1) is 15.8. The van der Waals surface area contributed by atoms with E-state index in [0.717, 1.165) is 29.8 Å². The fraction of sp³-hybridized carbons (Fsp3) is 0.647. The zero-order valence-corrected chi connectivity index (χ0v) is 14.4. The van der Waals surface area contributed by atoms with Crippen LogP contribution in [0, 0.1) is 0 Å². The average molecular weight is 340 g/mol. The molecule has 0 spiro atoms. The number of hydrogen-bond donors (Lipinski definition) is 1. The van der Waals surface area contributed by atoms with Crippen molar-refractivity contribution in [2.45, 2.75) is 57.9 Å². The molecule has 1 aliphatic heterocycles. The summed E-state index contributed by atoms with van der Waals surface area (Å²) >= 11 is 3.55. The van der Waals surface area contributed by atoms with E-state index >= 15 is 0 Å². The molecule has 112 valence electrons. The minimum Gasteiger partial charge on any atom is -0.493 e. The maximum atomic E-state index is 6.06. The van der Waals surface area contributed by atoms with E-state index < -0.39 is 0 Å². The number of piperidine rings is 1. The zero-order valence-electron chi connectivity index (χ0n) is 12.8. The van der Waals surface area contributed by atoms with Crippen LogP contribution < -0.4 is 10.1 Å². The molecule has 1 aliphatic rings. The van der Waals surface area contributed by atoms with E-state index in [-0.39, 0.29) is 5.41 Å². The van der Waals surface area contributed by atoms with Gasteiger partial charge in [-0.2, -0.15) is 0 Å². The first-order valence-corrected chi connectivity index (χ1v) is 8.42. The van der Waals surface area contributed by atoms with Crippen molar-refractivity contribution >= 4 is 15.9 Å². The van der Waals surface area contributed by atoms with Crippen LogP contribution in [-0.4, -0.2) is 19.2 Å². The Morgan fingerprint density at radius 1 is 1.30 bits per heavy atom. The van der Waals surface area contributed by atoms with Gasteiger partial charge < -0.3 is 10.1 Å². The Morgan fingerprint density at radius 2 is 2.10 bits per heavy atom. The molecular weight excluding hydrogens is 314 g/mol. The maximum absolute atomic E-state index is 6.06. The summed E-state index contributed by atoms with van der Waals surface area (Å²) in [7, 11) is 0. The van der Waals surface area contributed by atoms with Crippen molar-refractivity contribution in [3.63, 3.8) is 0 Å². The molecule has 0 saturated carbocycles. The lowest BCUT2D eigenvalue weighted by molar-refractivity contribution is 0.263. The molecule has 3 heteroatoms. The summed E-state index contributed by atoms with van der Waals surface area (Å²) < 4.78 is 7.18. The second-order valence-electron chi connectivity index (χ2n) is 6.67. The van der Waals surface area contributed by atoms with Crippen molar-refractivity contribution < 1.29 is 4.74 Å². The third-order valence-corrected chi connectivity index (χ3v) is 4.38. The monoisotopic (exact) mass is 339 g/mol. The lowest BCUT2D eigenvalue weighted by Gasteiger charge is -2.25. The van der Waals surface area contributed by atoms with Gasteiger partial charge in [0.2, 0.25) is 0 Å². The van der Waals surface area contributed by atoms with Gasteiger partial charge in [0.15, 0.2) is 0 Å². The molecule has 0 radical (unpaired) electrons. The van der Waals surface area contributed by atoms with Crippen molar-refractivity contribution in [1.82, 2.24) is 5.32 Å². The van der Waals surface area contributed by atoms with Crippen LogP contribution in [0.15, 0.2) is 22.7 Å². The molecule has 0 aliphatic carbocycles. The average Bonchev–Trinajstić information content (AvgIpc) is 2.40. The van der Waals surface area contributed by atoms with Crippen molar-refractivity contribution in [2.75, 3.05) is 13.2 Å². The molecule has 1 aromatic rings. The first-order valence-electron chi connectivity index (χ1n) is 7.63. The number of ether oxygens (including phenoxy) is 1. The summed E-state index contributed by atoms with van der Waals surface area (Å²) in [5.74, 6) is 1.02. The SMILES string of the molecule is CC(C)(C)c1cc(Br)ccc1OCCC1CCCCN1. The van der Waals surface area contributed by atoms with Gasteiger partial charge in [-0.05, 0) is 49.4 Å². The highest BCUT2D eigenvalue weighted by atomic mass is 79.9. The van der Waals surface area contributed by atoms with Crippen LogP contribution in [0.25, 0.3) is 0 Å².